The van der Waals surface area contributed by atoms with Crippen molar-refractivity contribution in [3.63, 3.8) is 0 Å². The highest BCUT2D eigenvalue weighted by Crippen LogP contribution is 2.29. The number of carbonyl (C=O) groups is 3. The van der Waals surface area contributed by atoms with Crippen LogP contribution in [0, 0.1) is 0 Å². The number of aromatic nitrogens is 2. The van der Waals surface area contributed by atoms with Gasteiger partial charge in [0.25, 0.3) is 5.91 Å². The van der Waals surface area contributed by atoms with Crippen molar-refractivity contribution in [1.29, 1.82) is 0 Å². The summed E-state index contributed by atoms with van der Waals surface area (Å²) >= 11 is 1.55. The summed E-state index contributed by atoms with van der Waals surface area (Å²) in [5, 5.41) is 14.8. The van der Waals surface area contributed by atoms with Crippen molar-refractivity contribution in [3.05, 3.63) is 58.3 Å². The molecule has 0 aliphatic heterocycles. The monoisotopic (exact) mass is 399 g/mol. The topological polar surface area (TPSA) is 116 Å². The second kappa shape index (κ2) is 9.23. The van der Waals surface area contributed by atoms with Gasteiger partial charge in [-0.05, 0) is 35.3 Å². The van der Waals surface area contributed by atoms with Crippen molar-refractivity contribution in [2.45, 2.75) is 12.8 Å². The van der Waals surface area contributed by atoms with E-state index in [4.69, 9.17) is 0 Å². The van der Waals surface area contributed by atoms with E-state index in [1.807, 2.05) is 18.2 Å². The molecule has 8 nitrogen and oxygen atoms in total. The third kappa shape index (κ3) is 4.80. The molecule has 0 unspecified atom stereocenters. The van der Waals surface area contributed by atoms with E-state index >= 15 is 0 Å². The summed E-state index contributed by atoms with van der Waals surface area (Å²) in [5.41, 5.74) is 1.89. The van der Waals surface area contributed by atoms with Crippen molar-refractivity contribution in [2.24, 2.45) is 0 Å². The van der Waals surface area contributed by atoms with Gasteiger partial charge in [0, 0.05) is 31.3 Å². The fourth-order valence-electron chi connectivity index (χ4n) is 2.74. The minimum Gasteiger partial charge on any atom is -0.341 e. The fourth-order valence-corrected chi connectivity index (χ4v) is 3.73. The maximum Gasteiger partial charge on any atom is 0.314 e. The molecular weight excluding hydrogens is 378 g/mol. The van der Waals surface area contributed by atoms with Gasteiger partial charge in [0.15, 0.2) is 0 Å². The van der Waals surface area contributed by atoms with Gasteiger partial charge in [-0.15, -0.1) is 11.8 Å². The van der Waals surface area contributed by atoms with Gasteiger partial charge < -0.3 is 16.0 Å². The molecule has 0 spiro atoms. The SMILES string of the molecule is CNC(=O)NCCCSC1=CC(=O)c2n[nH]c(C(=O)Nc3ccccc3)c2C1. The van der Waals surface area contributed by atoms with E-state index in [2.05, 4.69) is 26.1 Å². The van der Waals surface area contributed by atoms with Gasteiger partial charge in [0.1, 0.15) is 11.4 Å². The second-order valence-corrected chi connectivity index (χ2v) is 7.33. The van der Waals surface area contributed by atoms with Gasteiger partial charge in [-0.25, -0.2) is 4.79 Å². The molecule has 1 aromatic heterocycles. The lowest BCUT2D eigenvalue weighted by Crippen LogP contribution is -2.33. The van der Waals surface area contributed by atoms with E-state index in [1.54, 1.807) is 37.0 Å². The lowest BCUT2D eigenvalue weighted by atomic mass is 10.0. The van der Waals surface area contributed by atoms with Gasteiger partial charge in [-0.1, -0.05) is 18.2 Å². The number of nitrogens with zero attached hydrogens (tertiary/aromatic N) is 1. The number of H-pyrrole nitrogens is 1. The summed E-state index contributed by atoms with van der Waals surface area (Å²) in [6, 6.07) is 8.90. The lowest BCUT2D eigenvalue weighted by molar-refractivity contribution is 0.102. The number of thioether (sulfide) groups is 1. The molecule has 9 heteroatoms. The molecule has 2 aromatic rings. The molecule has 1 heterocycles. The number of hydrogen-bond donors (Lipinski definition) is 4. The van der Waals surface area contributed by atoms with Gasteiger partial charge in [-0.3, -0.25) is 14.7 Å². The van der Waals surface area contributed by atoms with Crippen molar-refractivity contribution in [2.75, 3.05) is 24.7 Å². The molecule has 0 saturated carbocycles. The summed E-state index contributed by atoms with van der Waals surface area (Å²) < 4.78 is 0. The molecule has 3 rings (SSSR count). The molecule has 0 radical (unpaired) electrons. The first kappa shape index (κ1) is 19.7. The Morgan fingerprint density at radius 2 is 2.04 bits per heavy atom. The Balaban J connectivity index is 1.60. The molecule has 0 saturated heterocycles. The Morgan fingerprint density at radius 1 is 1.25 bits per heavy atom. The molecule has 0 atom stereocenters. The average Bonchev–Trinajstić information content (AvgIpc) is 3.13. The quantitative estimate of drug-likeness (QED) is 0.533. The number of anilines is 1. The predicted molar refractivity (Wildman–Crippen MR) is 109 cm³/mol. The van der Waals surface area contributed by atoms with E-state index in [1.165, 1.54) is 0 Å². The molecule has 0 fully saturated rings. The van der Waals surface area contributed by atoms with Crippen molar-refractivity contribution >= 4 is 35.2 Å². The van der Waals surface area contributed by atoms with Crippen molar-refractivity contribution in [3.8, 4) is 0 Å². The number of hydrogen-bond acceptors (Lipinski definition) is 5. The van der Waals surface area contributed by atoms with Crippen LogP contribution >= 0.6 is 11.8 Å². The predicted octanol–water partition coefficient (Wildman–Crippen LogP) is 2.34. The van der Waals surface area contributed by atoms with E-state index in [0.29, 0.717) is 35.6 Å². The molecule has 4 N–H and O–H groups in total. The zero-order valence-corrected chi connectivity index (χ0v) is 16.2. The summed E-state index contributed by atoms with van der Waals surface area (Å²) in [4.78, 5) is 36.9. The number of nitrogens with one attached hydrogen (secondary N) is 4. The lowest BCUT2D eigenvalue weighted by Gasteiger charge is -2.13. The Bertz CT molecular complexity index is 908. The van der Waals surface area contributed by atoms with Crippen LogP contribution in [0.25, 0.3) is 0 Å². The van der Waals surface area contributed by atoms with Gasteiger partial charge in [0.2, 0.25) is 5.78 Å². The molecular formula is C19H21N5O3S. The first-order valence-corrected chi connectivity index (χ1v) is 9.84. The third-order valence-corrected chi connectivity index (χ3v) is 5.25. The minimum absolute atomic E-state index is 0.206. The first-order valence-electron chi connectivity index (χ1n) is 8.85. The van der Waals surface area contributed by atoms with Crippen LogP contribution in [0.3, 0.4) is 0 Å². The molecule has 146 valence electrons. The maximum atomic E-state index is 12.6. The van der Waals surface area contributed by atoms with Crippen LogP contribution in [0.1, 0.15) is 33.0 Å². The largest absolute Gasteiger partial charge is 0.341 e. The Labute approximate surface area is 166 Å². The molecule has 1 aromatic carbocycles. The van der Waals surface area contributed by atoms with Crippen LogP contribution in [0.15, 0.2) is 41.3 Å². The average molecular weight is 399 g/mol. The van der Waals surface area contributed by atoms with E-state index in [9.17, 15) is 14.4 Å². The normalized spacial score (nSPS) is 12.8. The van der Waals surface area contributed by atoms with Gasteiger partial charge in [-0.2, -0.15) is 5.10 Å². The van der Waals surface area contributed by atoms with Crippen LogP contribution in [0.5, 0.6) is 0 Å². The Kier molecular flexibility index (Phi) is 6.49. The van der Waals surface area contributed by atoms with E-state index in [-0.39, 0.29) is 17.7 Å². The third-order valence-electron chi connectivity index (χ3n) is 4.12. The molecule has 3 amide bonds. The first-order chi connectivity index (χ1) is 13.6. The van der Waals surface area contributed by atoms with Crippen LogP contribution in [-0.2, 0) is 6.42 Å². The Hall–Kier alpha value is -3.07. The minimum atomic E-state index is -0.325. The van der Waals surface area contributed by atoms with E-state index < -0.39 is 0 Å². The number of benzene rings is 1. The van der Waals surface area contributed by atoms with Gasteiger partial charge >= 0.3 is 6.03 Å². The van der Waals surface area contributed by atoms with Crippen LogP contribution < -0.4 is 16.0 Å². The van der Waals surface area contributed by atoms with E-state index in [0.717, 1.165) is 17.1 Å². The maximum absolute atomic E-state index is 12.6. The summed E-state index contributed by atoms with van der Waals surface area (Å²) in [7, 11) is 1.57. The molecule has 1 aliphatic rings. The number of urea groups is 1. The number of carbonyl (C=O) groups excluding carboxylic acids is 3. The standard InChI is InChI=1S/C19H21N5O3S/c1-20-19(27)21-8-5-9-28-13-10-14-16(15(25)11-13)23-24-17(14)18(26)22-12-6-3-2-4-7-12/h2-4,6-7,11H,5,8-10H2,1H3,(H,22,26)(H,23,24)(H2,20,21,27). The van der Waals surface area contributed by atoms with Crippen LogP contribution in [0.4, 0.5) is 10.5 Å². The highest BCUT2D eigenvalue weighted by molar-refractivity contribution is 8.03. The van der Waals surface area contributed by atoms with Crippen molar-refractivity contribution in [1.82, 2.24) is 20.8 Å². The smallest absolute Gasteiger partial charge is 0.314 e. The number of para-hydroxylation sites is 1. The summed E-state index contributed by atoms with van der Waals surface area (Å²) in [6.07, 6.45) is 2.81. The van der Waals surface area contributed by atoms with Crippen LogP contribution in [-0.4, -0.2) is 47.3 Å². The number of aromatic amines is 1. The highest BCUT2D eigenvalue weighted by Gasteiger charge is 2.27. The number of rotatable bonds is 7. The zero-order valence-electron chi connectivity index (χ0n) is 15.4. The Morgan fingerprint density at radius 3 is 2.79 bits per heavy atom. The summed E-state index contributed by atoms with van der Waals surface area (Å²) in [6.45, 7) is 0.551. The molecule has 1 aliphatic carbocycles. The highest BCUT2D eigenvalue weighted by atomic mass is 32.2. The number of ketones is 1. The fraction of sp³-hybridized carbons (Fsp3) is 0.263. The second-order valence-electron chi connectivity index (χ2n) is 6.11. The number of allylic oxidation sites excluding steroid dienone is 2. The van der Waals surface area contributed by atoms with Crippen molar-refractivity contribution < 1.29 is 14.4 Å². The zero-order chi connectivity index (χ0) is 19.9. The molecule has 0 bridgehead atoms. The summed E-state index contributed by atoms with van der Waals surface area (Å²) in [5.74, 6) is 0.220. The molecule has 28 heavy (non-hydrogen) atoms. The van der Waals surface area contributed by atoms with Crippen LogP contribution in [0.2, 0.25) is 0 Å². The number of fused-ring (bicyclic) bond motifs is 1. The number of amides is 3. The van der Waals surface area contributed by atoms with Gasteiger partial charge in [0.05, 0.1) is 0 Å².